The second kappa shape index (κ2) is 12.9. The molecule has 0 amide bonds. The Morgan fingerprint density at radius 2 is 1.06 bits per heavy atom. The summed E-state index contributed by atoms with van der Waals surface area (Å²) in [5.74, 6) is 0. The van der Waals surface area contributed by atoms with E-state index < -0.39 is 0 Å². The fourth-order valence-corrected chi connectivity index (χ4v) is 7.80. The lowest BCUT2D eigenvalue weighted by Crippen LogP contribution is -2.30. The molecule has 5 unspecified atom stereocenters. The molecule has 5 nitrogen and oxygen atoms in total. The second-order valence-corrected chi connectivity index (χ2v) is 13.9. The van der Waals surface area contributed by atoms with Gasteiger partial charge in [-0.05, 0) is 94.7 Å². The van der Waals surface area contributed by atoms with Gasteiger partial charge >= 0.3 is 0 Å². The van der Waals surface area contributed by atoms with Crippen molar-refractivity contribution in [1.82, 2.24) is 25.2 Å². The lowest BCUT2D eigenvalue weighted by atomic mass is 9.97. The van der Waals surface area contributed by atoms with Gasteiger partial charge in [0.1, 0.15) is 18.5 Å². The number of hydrogen-bond donors (Lipinski definition) is 1. The molecule has 2 fully saturated rings. The van der Waals surface area contributed by atoms with Crippen molar-refractivity contribution in [2.45, 2.75) is 32.3 Å². The molecule has 250 valence electrons. The monoisotopic (exact) mass is 663 g/mol. The molecule has 3 aliphatic heterocycles. The van der Waals surface area contributed by atoms with Crippen molar-refractivity contribution in [3.8, 4) is 33.4 Å². The van der Waals surface area contributed by atoms with Gasteiger partial charge in [-0.15, -0.1) is 0 Å². The summed E-state index contributed by atoms with van der Waals surface area (Å²) in [5.41, 5.74) is 15.9. The van der Waals surface area contributed by atoms with Gasteiger partial charge < -0.3 is 5.32 Å². The topological polar surface area (TPSA) is 34.2 Å². The molecule has 0 radical (unpaired) electrons. The molecule has 4 heterocycles. The Morgan fingerprint density at radius 1 is 0.510 bits per heavy atom. The lowest BCUT2D eigenvalue weighted by molar-refractivity contribution is 0.144. The zero-order valence-electron chi connectivity index (χ0n) is 29.2. The fraction of sp³-hybridized carbons (Fsp3) is 0.152. The summed E-state index contributed by atoms with van der Waals surface area (Å²) >= 11 is 0. The third-order valence-corrected chi connectivity index (χ3v) is 10.6. The number of nitrogens with zero attached hydrogens (tertiary/aromatic N) is 4. The van der Waals surface area contributed by atoms with E-state index in [-0.39, 0.29) is 18.5 Å². The van der Waals surface area contributed by atoms with Crippen molar-refractivity contribution >= 4 is 5.57 Å². The van der Waals surface area contributed by atoms with Crippen molar-refractivity contribution in [3.05, 3.63) is 192 Å². The van der Waals surface area contributed by atoms with Crippen LogP contribution in [0.3, 0.4) is 0 Å². The quantitative estimate of drug-likeness (QED) is 0.172. The van der Waals surface area contributed by atoms with E-state index in [4.69, 9.17) is 0 Å². The van der Waals surface area contributed by atoms with Crippen molar-refractivity contribution in [2.24, 2.45) is 0 Å². The summed E-state index contributed by atoms with van der Waals surface area (Å²) in [6.45, 7) is 4.99. The number of pyridine rings is 1. The first-order chi connectivity index (χ1) is 25.0. The van der Waals surface area contributed by atoms with Gasteiger partial charge in [0, 0.05) is 29.7 Å². The first kappa shape index (κ1) is 31.4. The average molecular weight is 664 g/mol. The Bertz CT molecular complexity index is 2240. The minimum Gasteiger partial charge on any atom is -0.384 e. The van der Waals surface area contributed by atoms with Gasteiger partial charge in [0.05, 0.1) is 0 Å². The van der Waals surface area contributed by atoms with Crippen LogP contribution in [-0.2, 0) is 0 Å². The Morgan fingerprint density at radius 3 is 1.71 bits per heavy atom. The number of hydrazine groups is 1. The number of fused-ring (bicyclic) bond motifs is 1. The Kier molecular flexibility index (Phi) is 7.97. The molecule has 0 bridgehead atoms. The highest BCUT2D eigenvalue weighted by atomic mass is 16.0. The van der Waals surface area contributed by atoms with Crippen LogP contribution in [0, 0.1) is 6.92 Å². The Labute approximate surface area is 300 Å². The van der Waals surface area contributed by atoms with Crippen LogP contribution in [0.2, 0.25) is 0 Å². The number of hydrogen-bond acceptors (Lipinski definition) is 5. The maximum atomic E-state index is 4.52. The summed E-state index contributed by atoms with van der Waals surface area (Å²) in [5, 5.41) is 8.59. The number of allylic oxidation sites excluding steroid dienone is 3. The second-order valence-electron chi connectivity index (χ2n) is 13.9. The van der Waals surface area contributed by atoms with Crippen LogP contribution in [-0.4, -0.2) is 33.5 Å². The zero-order valence-corrected chi connectivity index (χ0v) is 29.2. The van der Waals surface area contributed by atoms with Crippen molar-refractivity contribution < 1.29 is 0 Å². The van der Waals surface area contributed by atoms with Crippen LogP contribution in [0.1, 0.15) is 53.4 Å². The number of aryl methyl sites for hydroxylation is 1. The molecule has 6 aromatic rings. The molecule has 5 heteroatoms. The number of nitrogens with one attached hydrogen (secondary N) is 1. The van der Waals surface area contributed by atoms with Gasteiger partial charge in [0.2, 0.25) is 0 Å². The average Bonchev–Trinajstić information content (AvgIpc) is 3.81. The molecule has 1 aromatic heterocycles. The van der Waals surface area contributed by atoms with Gasteiger partial charge in [-0.1, -0.05) is 133 Å². The zero-order chi connectivity index (χ0) is 34.5. The molecular formula is C46H41N5. The SMILES string of the molecule is CC1=CC=C(c2ccc(C3N(C)C(c4cccc(-c5ccc(-c6ccccc6)cc5)c4)N4C(c5ccc(-c6ccc(C)nc6)cc5)N34)cc2)CN1. The summed E-state index contributed by atoms with van der Waals surface area (Å²) in [6, 6.07) is 51.1. The predicted octanol–water partition coefficient (Wildman–Crippen LogP) is 10.2. The van der Waals surface area contributed by atoms with E-state index >= 15 is 0 Å². The van der Waals surface area contributed by atoms with Crippen LogP contribution in [0.5, 0.6) is 0 Å². The first-order valence-corrected chi connectivity index (χ1v) is 17.8. The van der Waals surface area contributed by atoms with Crippen molar-refractivity contribution in [2.75, 3.05) is 13.6 Å². The van der Waals surface area contributed by atoms with E-state index in [1.807, 2.05) is 13.1 Å². The predicted molar refractivity (Wildman–Crippen MR) is 208 cm³/mol. The minimum absolute atomic E-state index is 0.0857. The van der Waals surface area contributed by atoms with Crippen LogP contribution >= 0.6 is 0 Å². The van der Waals surface area contributed by atoms with E-state index in [9.17, 15) is 0 Å². The van der Waals surface area contributed by atoms with E-state index in [0.29, 0.717) is 0 Å². The number of benzene rings is 5. The lowest BCUT2D eigenvalue weighted by Gasteiger charge is -2.30. The van der Waals surface area contributed by atoms with Gasteiger partial charge in [-0.3, -0.25) is 9.88 Å². The molecule has 5 aromatic carbocycles. The van der Waals surface area contributed by atoms with Gasteiger partial charge in [0.15, 0.2) is 0 Å². The van der Waals surface area contributed by atoms with E-state index in [0.717, 1.165) is 17.8 Å². The van der Waals surface area contributed by atoms with E-state index in [1.165, 1.54) is 61.3 Å². The number of rotatable bonds is 7. The van der Waals surface area contributed by atoms with Crippen LogP contribution in [0.4, 0.5) is 0 Å². The maximum Gasteiger partial charge on any atom is 0.119 e. The third-order valence-electron chi connectivity index (χ3n) is 10.6. The van der Waals surface area contributed by atoms with E-state index in [2.05, 4.69) is 191 Å². The highest BCUT2D eigenvalue weighted by Gasteiger charge is 2.63. The van der Waals surface area contributed by atoms with Crippen molar-refractivity contribution in [3.63, 3.8) is 0 Å². The molecule has 0 saturated carbocycles. The Balaban J connectivity index is 1.04. The van der Waals surface area contributed by atoms with Crippen LogP contribution in [0.25, 0.3) is 39.0 Å². The molecular weight excluding hydrogens is 623 g/mol. The normalized spacial score (nSPS) is 22.5. The minimum atomic E-state index is 0.0857. The first-order valence-electron chi connectivity index (χ1n) is 17.8. The summed E-state index contributed by atoms with van der Waals surface area (Å²) < 4.78 is 0. The Hall–Kier alpha value is -5.59. The molecule has 0 spiro atoms. The molecule has 5 atom stereocenters. The molecule has 9 rings (SSSR count). The maximum absolute atomic E-state index is 4.52. The smallest absolute Gasteiger partial charge is 0.119 e. The van der Waals surface area contributed by atoms with Gasteiger partial charge in [0.25, 0.3) is 0 Å². The highest BCUT2D eigenvalue weighted by Crippen LogP contribution is 2.61. The number of dihydropyridines is 1. The third kappa shape index (κ3) is 5.89. The van der Waals surface area contributed by atoms with Gasteiger partial charge in [-0.2, -0.15) is 10.0 Å². The standard InChI is InChI=1S/C46H41N5/c1-31-12-14-42(29-47-31)36-20-24-38(25-21-36)44-49(3)45(51-46(50(44)51)39-26-22-37(23-27-39)43-15-13-32(2)48-30-43)41-11-7-10-40(28-41)35-18-16-34(17-19-35)33-8-5-4-6-9-33/h4-28,30,44-47H,29H2,1-3H3. The largest absolute Gasteiger partial charge is 0.384 e. The van der Waals surface area contributed by atoms with Gasteiger partial charge in [-0.25, -0.2) is 0 Å². The van der Waals surface area contributed by atoms with Crippen LogP contribution < -0.4 is 5.32 Å². The molecule has 1 N–H and O–H groups in total. The molecule has 2 saturated heterocycles. The summed E-state index contributed by atoms with van der Waals surface area (Å²) in [4.78, 5) is 7.04. The molecule has 51 heavy (non-hydrogen) atoms. The van der Waals surface area contributed by atoms with Crippen molar-refractivity contribution in [1.29, 1.82) is 0 Å². The summed E-state index contributed by atoms with van der Waals surface area (Å²) in [7, 11) is 2.27. The fourth-order valence-electron chi connectivity index (χ4n) is 7.80. The number of aromatic nitrogens is 1. The highest BCUT2D eigenvalue weighted by molar-refractivity contribution is 5.72. The van der Waals surface area contributed by atoms with Crippen LogP contribution in [0.15, 0.2) is 164 Å². The molecule has 0 aliphatic carbocycles. The summed E-state index contributed by atoms with van der Waals surface area (Å²) in [6.07, 6.45) is 6.72. The van der Waals surface area contributed by atoms with E-state index in [1.54, 1.807) is 0 Å². The molecule has 3 aliphatic rings.